The second-order valence-corrected chi connectivity index (χ2v) is 3.77. The number of hydrazine groups is 1. The summed E-state index contributed by atoms with van der Waals surface area (Å²) in [6.45, 7) is 4.98. The first-order valence-electron chi connectivity index (χ1n) is 5.49. The molecule has 0 aliphatic rings. The molecule has 0 unspecified atom stereocenters. The van der Waals surface area contributed by atoms with Crippen LogP contribution in [-0.4, -0.2) is 25.2 Å². The molecule has 94 valence electrons. The molecule has 0 saturated carbocycles. The van der Waals surface area contributed by atoms with Gasteiger partial charge in [0.05, 0.1) is 12.7 Å². The Bertz CT molecular complexity index is 349. The third-order valence-electron chi connectivity index (χ3n) is 2.05. The molecule has 0 bridgehead atoms. The van der Waals surface area contributed by atoms with Gasteiger partial charge in [0.2, 0.25) is 0 Å². The molecule has 1 amide bonds. The van der Waals surface area contributed by atoms with Gasteiger partial charge >= 0.3 is 0 Å². The Morgan fingerprint density at radius 1 is 1.29 bits per heavy atom. The van der Waals surface area contributed by atoms with Crippen LogP contribution in [0.5, 0.6) is 5.75 Å². The minimum atomic E-state index is -0.320. The van der Waals surface area contributed by atoms with Crippen molar-refractivity contribution in [3.8, 4) is 5.75 Å². The number of hydrogen-bond donors (Lipinski definition) is 2. The van der Waals surface area contributed by atoms with E-state index in [1.54, 1.807) is 24.3 Å². The Morgan fingerprint density at radius 3 is 2.47 bits per heavy atom. The lowest BCUT2D eigenvalue weighted by atomic mass is 10.2. The highest BCUT2D eigenvalue weighted by Gasteiger charge is 2.02. The van der Waals surface area contributed by atoms with Gasteiger partial charge in [0.25, 0.3) is 5.91 Å². The van der Waals surface area contributed by atoms with Gasteiger partial charge in [0.15, 0.2) is 0 Å². The fraction of sp³-hybridized carbons (Fsp3) is 0.417. The molecule has 3 N–H and O–H groups in total. The average molecular weight is 238 g/mol. The van der Waals surface area contributed by atoms with Crippen molar-refractivity contribution >= 4 is 5.91 Å². The van der Waals surface area contributed by atoms with E-state index in [9.17, 15) is 4.79 Å². The van der Waals surface area contributed by atoms with Crippen molar-refractivity contribution in [3.63, 3.8) is 0 Å². The molecule has 0 aromatic heterocycles. The molecule has 0 spiro atoms. The predicted molar refractivity (Wildman–Crippen MR) is 64.7 cm³/mol. The van der Waals surface area contributed by atoms with Crippen LogP contribution < -0.4 is 16.0 Å². The number of benzene rings is 1. The molecule has 0 saturated heterocycles. The molecule has 0 fully saturated rings. The zero-order valence-electron chi connectivity index (χ0n) is 10.1. The monoisotopic (exact) mass is 238 g/mol. The van der Waals surface area contributed by atoms with Crippen LogP contribution in [0.25, 0.3) is 0 Å². The number of rotatable bonds is 6. The number of amides is 1. The van der Waals surface area contributed by atoms with Crippen LogP contribution in [0, 0.1) is 0 Å². The Labute approximate surface area is 101 Å². The summed E-state index contributed by atoms with van der Waals surface area (Å²) in [5.74, 6) is 5.40. The molecule has 5 nitrogen and oxygen atoms in total. The number of nitrogens with two attached hydrogens (primary N) is 1. The van der Waals surface area contributed by atoms with E-state index < -0.39 is 0 Å². The highest BCUT2D eigenvalue weighted by Crippen LogP contribution is 2.11. The topological polar surface area (TPSA) is 73.6 Å². The first-order valence-corrected chi connectivity index (χ1v) is 5.49. The maximum Gasteiger partial charge on any atom is 0.265 e. The maximum absolute atomic E-state index is 11.2. The molecular weight excluding hydrogens is 220 g/mol. The number of carbonyl (C=O) groups excluding carboxylic acids is 1. The van der Waals surface area contributed by atoms with E-state index in [4.69, 9.17) is 15.3 Å². The average Bonchev–Trinajstić information content (AvgIpc) is 2.34. The standard InChI is InChI=1S/C12H18N2O3/c1-9(2)16-7-8-17-11-5-3-10(4-6-11)12(15)14-13/h3-6,9H,7-8,13H2,1-2H3,(H,14,15). The van der Waals surface area contributed by atoms with Gasteiger partial charge < -0.3 is 9.47 Å². The quantitative estimate of drug-likeness (QED) is 0.337. The van der Waals surface area contributed by atoms with Crippen molar-refractivity contribution in [1.29, 1.82) is 0 Å². The Hall–Kier alpha value is -1.59. The molecule has 17 heavy (non-hydrogen) atoms. The summed E-state index contributed by atoms with van der Waals surface area (Å²) in [5.41, 5.74) is 2.56. The number of nitrogens with one attached hydrogen (secondary N) is 1. The minimum Gasteiger partial charge on any atom is -0.491 e. The van der Waals surface area contributed by atoms with Crippen LogP contribution in [0.3, 0.4) is 0 Å². The molecule has 1 rings (SSSR count). The zero-order chi connectivity index (χ0) is 12.7. The fourth-order valence-corrected chi connectivity index (χ4v) is 1.23. The molecule has 1 aromatic rings. The van der Waals surface area contributed by atoms with Gasteiger partial charge in [-0.25, -0.2) is 5.84 Å². The van der Waals surface area contributed by atoms with E-state index in [2.05, 4.69) is 5.43 Å². The van der Waals surface area contributed by atoms with E-state index >= 15 is 0 Å². The number of ether oxygens (including phenoxy) is 2. The molecule has 0 aliphatic heterocycles. The highest BCUT2D eigenvalue weighted by molar-refractivity contribution is 5.93. The smallest absolute Gasteiger partial charge is 0.265 e. The third kappa shape index (κ3) is 4.84. The van der Waals surface area contributed by atoms with E-state index in [0.717, 1.165) is 0 Å². The van der Waals surface area contributed by atoms with E-state index in [-0.39, 0.29) is 12.0 Å². The summed E-state index contributed by atoms with van der Waals surface area (Å²) in [6.07, 6.45) is 0.203. The largest absolute Gasteiger partial charge is 0.491 e. The van der Waals surface area contributed by atoms with Crippen molar-refractivity contribution in [2.24, 2.45) is 5.84 Å². The second kappa shape index (κ2) is 6.88. The molecule has 0 aliphatic carbocycles. The van der Waals surface area contributed by atoms with Crippen LogP contribution in [0.2, 0.25) is 0 Å². The van der Waals surface area contributed by atoms with Gasteiger partial charge in [-0.2, -0.15) is 0 Å². The van der Waals surface area contributed by atoms with Crippen molar-refractivity contribution in [2.45, 2.75) is 20.0 Å². The summed E-state index contributed by atoms with van der Waals surface area (Å²) >= 11 is 0. The molecule has 5 heteroatoms. The molecular formula is C12H18N2O3. The fourth-order valence-electron chi connectivity index (χ4n) is 1.23. The van der Waals surface area contributed by atoms with Crippen LogP contribution in [0.1, 0.15) is 24.2 Å². The van der Waals surface area contributed by atoms with E-state index in [0.29, 0.717) is 24.5 Å². The van der Waals surface area contributed by atoms with Crippen LogP contribution in [0.15, 0.2) is 24.3 Å². The molecule has 0 radical (unpaired) electrons. The normalized spacial score (nSPS) is 10.4. The first-order chi connectivity index (χ1) is 8.13. The van der Waals surface area contributed by atoms with Crippen molar-refractivity contribution in [1.82, 2.24) is 5.43 Å². The van der Waals surface area contributed by atoms with Crippen LogP contribution in [0.4, 0.5) is 0 Å². The van der Waals surface area contributed by atoms with E-state index in [1.807, 2.05) is 13.8 Å². The Balaban J connectivity index is 2.38. The molecule has 0 heterocycles. The lowest BCUT2D eigenvalue weighted by Gasteiger charge is -2.09. The predicted octanol–water partition coefficient (Wildman–Crippen LogP) is 1.09. The lowest BCUT2D eigenvalue weighted by molar-refractivity contribution is 0.0552. The number of carbonyl (C=O) groups is 1. The Morgan fingerprint density at radius 2 is 1.94 bits per heavy atom. The first kappa shape index (κ1) is 13.5. The second-order valence-electron chi connectivity index (χ2n) is 3.77. The molecule has 0 atom stereocenters. The molecule has 1 aromatic carbocycles. The lowest BCUT2D eigenvalue weighted by Crippen LogP contribution is -2.29. The van der Waals surface area contributed by atoms with Gasteiger partial charge in [0.1, 0.15) is 12.4 Å². The van der Waals surface area contributed by atoms with Gasteiger partial charge in [0, 0.05) is 5.56 Å². The van der Waals surface area contributed by atoms with E-state index in [1.165, 1.54) is 0 Å². The van der Waals surface area contributed by atoms with Crippen molar-refractivity contribution in [2.75, 3.05) is 13.2 Å². The summed E-state index contributed by atoms with van der Waals surface area (Å²) in [7, 11) is 0. The third-order valence-corrected chi connectivity index (χ3v) is 2.05. The van der Waals surface area contributed by atoms with Gasteiger partial charge in [-0.1, -0.05) is 0 Å². The number of hydrogen-bond acceptors (Lipinski definition) is 4. The summed E-state index contributed by atoms with van der Waals surface area (Å²) in [5, 5.41) is 0. The number of nitrogen functional groups attached to an aromatic ring is 1. The SMILES string of the molecule is CC(C)OCCOc1ccc(C(=O)NN)cc1. The van der Waals surface area contributed by atoms with Gasteiger partial charge in [-0.3, -0.25) is 10.2 Å². The zero-order valence-corrected chi connectivity index (χ0v) is 10.1. The summed E-state index contributed by atoms with van der Waals surface area (Å²) < 4.78 is 10.8. The summed E-state index contributed by atoms with van der Waals surface area (Å²) in [6, 6.07) is 6.75. The van der Waals surface area contributed by atoms with Crippen molar-refractivity contribution in [3.05, 3.63) is 29.8 Å². The van der Waals surface area contributed by atoms with Crippen LogP contribution >= 0.6 is 0 Å². The maximum atomic E-state index is 11.2. The van der Waals surface area contributed by atoms with Gasteiger partial charge in [-0.05, 0) is 38.1 Å². The van der Waals surface area contributed by atoms with Gasteiger partial charge in [-0.15, -0.1) is 0 Å². The van der Waals surface area contributed by atoms with Crippen molar-refractivity contribution < 1.29 is 14.3 Å². The Kier molecular flexibility index (Phi) is 5.45. The highest BCUT2D eigenvalue weighted by atomic mass is 16.5. The summed E-state index contributed by atoms with van der Waals surface area (Å²) in [4.78, 5) is 11.2. The minimum absolute atomic E-state index is 0.203. The van der Waals surface area contributed by atoms with Crippen LogP contribution in [-0.2, 0) is 4.74 Å².